The van der Waals surface area contributed by atoms with Crippen LogP contribution in [0.1, 0.15) is 37.9 Å². The van der Waals surface area contributed by atoms with E-state index in [9.17, 15) is 4.79 Å². The molecule has 0 radical (unpaired) electrons. The summed E-state index contributed by atoms with van der Waals surface area (Å²) in [5.74, 6) is 0.170. The molecule has 2 rings (SSSR count). The van der Waals surface area contributed by atoms with Crippen LogP contribution < -0.4 is 11.5 Å². The van der Waals surface area contributed by atoms with E-state index in [4.69, 9.17) is 16.2 Å². The van der Waals surface area contributed by atoms with Gasteiger partial charge in [0.15, 0.2) is 12.4 Å². The standard InChI is InChI=1S/C11H17N5O2/c12-10-14-8(15-11(13)16-10)6-18-9(17)7-4-2-1-3-5-7/h7H,1-6H2,(H4,12,13,14,15,16). The number of nitrogens with two attached hydrogens (primary N) is 2. The summed E-state index contributed by atoms with van der Waals surface area (Å²) in [7, 11) is 0. The van der Waals surface area contributed by atoms with Crippen molar-refractivity contribution in [1.82, 2.24) is 15.0 Å². The van der Waals surface area contributed by atoms with Gasteiger partial charge in [-0.15, -0.1) is 0 Å². The molecule has 0 saturated heterocycles. The zero-order valence-corrected chi connectivity index (χ0v) is 10.1. The largest absolute Gasteiger partial charge is 0.457 e. The summed E-state index contributed by atoms with van der Waals surface area (Å²) in [5, 5.41) is 0. The minimum atomic E-state index is -0.188. The minimum absolute atomic E-state index is 0.00769. The molecule has 0 aliphatic heterocycles. The molecule has 98 valence electrons. The van der Waals surface area contributed by atoms with E-state index >= 15 is 0 Å². The van der Waals surface area contributed by atoms with Crippen LogP contribution in [0, 0.1) is 5.92 Å². The quantitative estimate of drug-likeness (QED) is 0.757. The van der Waals surface area contributed by atoms with Gasteiger partial charge in [0.05, 0.1) is 5.92 Å². The van der Waals surface area contributed by atoms with Gasteiger partial charge in [-0.05, 0) is 12.8 Å². The number of esters is 1. The van der Waals surface area contributed by atoms with Crippen molar-refractivity contribution < 1.29 is 9.53 Å². The lowest BCUT2D eigenvalue weighted by Crippen LogP contribution is -2.21. The van der Waals surface area contributed by atoms with E-state index in [1.54, 1.807) is 0 Å². The van der Waals surface area contributed by atoms with Gasteiger partial charge in [-0.2, -0.15) is 15.0 Å². The lowest BCUT2D eigenvalue weighted by Gasteiger charge is -2.19. The van der Waals surface area contributed by atoms with Gasteiger partial charge in [0.25, 0.3) is 0 Å². The summed E-state index contributed by atoms with van der Waals surface area (Å²) in [4.78, 5) is 23.1. The van der Waals surface area contributed by atoms with Crippen molar-refractivity contribution in [2.24, 2.45) is 5.92 Å². The van der Waals surface area contributed by atoms with Gasteiger partial charge >= 0.3 is 5.97 Å². The van der Waals surface area contributed by atoms with E-state index in [1.807, 2.05) is 0 Å². The molecular formula is C11H17N5O2. The van der Waals surface area contributed by atoms with Crippen LogP contribution in [0.15, 0.2) is 0 Å². The Balaban J connectivity index is 1.88. The molecule has 0 amide bonds. The number of anilines is 2. The smallest absolute Gasteiger partial charge is 0.309 e. The van der Waals surface area contributed by atoms with Crippen LogP contribution in [0.2, 0.25) is 0 Å². The molecule has 0 bridgehead atoms. The van der Waals surface area contributed by atoms with Crippen molar-refractivity contribution in [2.45, 2.75) is 38.7 Å². The molecule has 1 aliphatic rings. The van der Waals surface area contributed by atoms with E-state index in [0.717, 1.165) is 25.7 Å². The van der Waals surface area contributed by atoms with Crippen molar-refractivity contribution in [2.75, 3.05) is 11.5 Å². The Kier molecular flexibility index (Phi) is 3.91. The van der Waals surface area contributed by atoms with E-state index in [1.165, 1.54) is 6.42 Å². The number of nitrogens with zero attached hydrogens (tertiary/aromatic N) is 3. The maximum Gasteiger partial charge on any atom is 0.309 e. The minimum Gasteiger partial charge on any atom is -0.457 e. The highest BCUT2D eigenvalue weighted by Gasteiger charge is 2.22. The summed E-state index contributed by atoms with van der Waals surface area (Å²) >= 11 is 0. The average molecular weight is 251 g/mol. The third-order valence-corrected chi connectivity index (χ3v) is 3.00. The Hall–Kier alpha value is -1.92. The predicted molar refractivity (Wildman–Crippen MR) is 65.0 cm³/mol. The zero-order chi connectivity index (χ0) is 13.0. The van der Waals surface area contributed by atoms with Gasteiger partial charge in [0.1, 0.15) is 0 Å². The molecule has 0 atom stereocenters. The maximum atomic E-state index is 11.8. The zero-order valence-electron chi connectivity index (χ0n) is 10.1. The van der Waals surface area contributed by atoms with Gasteiger partial charge < -0.3 is 16.2 Å². The molecule has 1 fully saturated rings. The molecule has 0 spiro atoms. The number of carbonyl (C=O) groups is 1. The summed E-state index contributed by atoms with van der Waals surface area (Å²) in [6.07, 6.45) is 5.18. The van der Waals surface area contributed by atoms with E-state index in [2.05, 4.69) is 15.0 Å². The number of nitrogen functional groups attached to an aromatic ring is 2. The van der Waals surface area contributed by atoms with Gasteiger partial charge in [-0.3, -0.25) is 4.79 Å². The number of aromatic nitrogens is 3. The normalized spacial score (nSPS) is 16.4. The molecule has 0 aromatic carbocycles. The fourth-order valence-electron chi connectivity index (χ4n) is 2.11. The highest BCUT2D eigenvalue weighted by atomic mass is 16.5. The lowest BCUT2D eigenvalue weighted by molar-refractivity contribution is -0.151. The van der Waals surface area contributed by atoms with Crippen LogP contribution in [0.3, 0.4) is 0 Å². The fraction of sp³-hybridized carbons (Fsp3) is 0.636. The number of ether oxygens (including phenoxy) is 1. The molecule has 0 unspecified atom stereocenters. The average Bonchev–Trinajstić information content (AvgIpc) is 2.36. The van der Waals surface area contributed by atoms with Crippen LogP contribution in [0.4, 0.5) is 11.9 Å². The second-order valence-corrected chi connectivity index (χ2v) is 4.41. The molecule has 1 aromatic heterocycles. The molecule has 7 nitrogen and oxygen atoms in total. The van der Waals surface area contributed by atoms with E-state index < -0.39 is 0 Å². The highest BCUT2D eigenvalue weighted by Crippen LogP contribution is 2.24. The number of carbonyl (C=O) groups excluding carboxylic acids is 1. The second kappa shape index (κ2) is 5.61. The molecule has 1 heterocycles. The lowest BCUT2D eigenvalue weighted by atomic mass is 9.89. The Morgan fingerprint density at radius 2 is 1.72 bits per heavy atom. The summed E-state index contributed by atoms with van der Waals surface area (Å²) in [6.45, 7) is -0.00769. The molecule has 4 N–H and O–H groups in total. The van der Waals surface area contributed by atoms with Crippen LogP contribution in [-0.4, -0.2) is 20.9 Å². The van der Waals surface area contributed by atoms with Crippen LogP contribution in [0.5, 0.6) is 0 Å². The van der Waals surface area contributed by atoms with E-state index in [-0.39, 0.29) is 36.2 Å². The fourth-order valence-corrected chi connectivity index (χ4v) is 2.11. The Labute approximate surface area is 105 Å². The van der Waals surface area contributed by atoms with Crippen molar-refractivity contribution >= 4 is 17.9 Å². The molecular weight excluding hydrogens is 234 g/mol. The number of hydrogen-bond acceptors (Lipinski definition) is 7. The SMILES string of the molecule is Nc1nc(N)nc(COC(=O)C2CCCCC2)n1. The van der Waals surface area contributed by atoms with Crippen LogP contribution in [-0.2, 0) is 16.1 Å². The first-order valence-corrected chi connectivity index (χ1v) is 6.07. The molecule has 1 saturated carbocycles. The van der Waals surface area contributed by atoms with Gasteiger partial charge in [0.2, 0.25) is 11.9 Å². The molecule has 7 heteroatoms. The highest BCUT2D eigenvalue weighted by molar-refractivity contribution is 5.72. The first-order chi connectivity index (χ1) is 8.65. The van der Waals surface area contributed by atoms with Crippen LogP contribution in [0.25, 0.3) is 0 Å². The van der Waals surface area contributed by atoms with Crippen molar-refractivity contribution in [1.29, 1.82) is 0 Å². The maximum absolute atomic E-state index is 11.8. The topological polar surface area (TPSA) is 117 Å². The van der Waals surface area contributed by atoms with Gasteiger partial charge in [-0.25, -0.2) is 0 Å². The Bertz CT molecular complexity index is 411. The third-order valence-electron chi connectivity index (χ3n) is 3.00. The summed E-state index contributed by atoms with van der Waals surface area (Å²) < 4.78 is 5.17. The number of rotatable bonds is 3. The van der Waals surface area contributed by atoms with Crippen LogP contribution >= 0.6 is 0 Å². The molecule has 1 aliphatic carbocycles. The number of hydrogen-bond donors (Lipinski definition) is 2. The Morgan fingerprint density at radius 3 is 2.33 bits per heavy atom. The summed E-state index contributed by atoms with van der Waals surface area (Å²) in [6, 6.07) is 0. The first-order valence-electron chi connectivity index (χ1n) is 6.07. The molecule has 18 heavy (non-hydrogen) atoms. The second-order valence-electron chi connectivity index (χ2n) is 4.41. The van der Waals surface area contributed by atoms with E-state index in [0.29, 0.717) is 0 Å². The van der Waals surface area contributed by atoms with Gasteiger partial charge in [-0.1, -0.05) is 19.3 Å². The molecule has 1 aromatic rings. The predicted octanol–water partition coefficient (Wildman–Crippen LogP) is 0.659. The van der Waals surface area contributed by atoms with Crippen molar-refractivity contribution in [3.63, 3.8) is 0 Å². The Morgan fingerprint density at radius 1 is 1.11 bits per heavy atom. The first kappa shape index (κ1) is 12.5. The third kappa shape index (κ3) is 3.28. The van der Waals surface area contributed by atoms with Gasteiger partial charge in [0, 0.05) is 0 Å². The van der Waals surface area contributed by atoms with Crippen molar-refractivity contribution in [3.05, 3.63) is 5.82 Å². The monoisotopic (exact) mass is 251 g/mol. The van der Waals surface area contributed by atoms with Crippen molar-refractivity contribution in [3.8, 4) is 0 Å². The summed E-state index contributed by atoms with van der Waals surface area (Å²) in [5.41, 5.74) is 10.9.